The molecular formula is C89H174N10O12. The summed E-state index contributed by atoms with van der Waals surface area (Å²) < 4.78 is 30.7. The Morgan fingerprint density at radius 3 is 0.856 bits per heavy atom. The van der Waals surface area contributed by atoms with Crippen molar-refractivity contribution < 1.29 is 57.2 Å². The molecule has 0 bridgehead atoms. The molecule has 0 aromatic carbocycles. The molecule has 0 aromatic rings. The lowest BCUT2D eigenvalue weighted by atomic mass is 9.86. The second-order valence-corrected chi connectivity index (χ2v) is 44.1. The van der Waals surface area contributed by atoms with Gasteiger partial charge in [-0.3, -0.25) is 43.5 Å². The second kappa shape index (κ2) is 38.0. The molecule has 0 radical (unpaired) electrons. The molecular weight excluding hydrogens is 1400 g/mol. The highest BCUT2D eigenvalue weighted by Crippen LogP contribution is 2.48. The highest BCUT2D eigenvalue weighted by molar-refractivity contribution is 5.81. The zero-order valence-corrected chi connectivity index (χ0v) is 79.4. The third-order valence-electron chi connectivity index (χ3n) is 27.4. The fourth-order valence-electron chi connectivity index (χ4n) is 20.5. The Labute approximate surface area is 679 Å². The number of amides is 2. The summed E-state index contributed by atoms with van der Waals surface area (Å²) in [6.45, 7) is 73.1. The Hall–Kier alpha value is -3.58. The first-order valence-corrected chi connectivity index (χ1v) is 41.7. The number of methoxy groups -OCH3 is 5. The molecule has 8 unspecified atom stereocenters. The van der Waals surface area contributed by atoms with Crippen molar-refractivity contribution in [2.24, 2.45) is 53.3 Å². The van der Waals surface area contributed by atoms with Gasteiger partial charge >= 0.3 is 23.9 Å². The van der Waals surface area contributed by atoms with Crippen LogP contribution in [-0.2, 0) is 57.2 Å². The average Bonchev–Trinajstić information content (AvgIpc) is 1.62. The molecule has 0 spiro atoms. The van der Waals surface area contributed by atoms with E-state index in [9.17, 15) is 28.8 Å². The summed E-state index contributed by atoms with van der Waals surface area (Å²) in [5.41, 5.74) is 0.667. The van der Waals surface area contributed by atoms with Gasteiger partial charge in [0.25, 0.3) is 0 Å². The highest BCUT2D eigenvalue weighted by Gasteiger charge is 2.56. The van der Waals surface area contributed by atoms with Crippen molar-refractivity contribution in [3.8, 4) is 0 Å². The van der Waals surface area contributed by atoms with E-state index in [4.69, 9.17) is 28.4 Å². The van der Waals surface area contributed by atoms with Crippen molar-refractivity contribution in [2.45, 2.75) is 400 Å². The van der Waals surface area contributed by atoms with E-state index in [0.29, 0.717) is 17.4 Å². The van der Waals surface area contributed by atoms with Crippen LogP contribution in [0.25, 0.3) is 0 Å². The molecule has 652 valence electrons. The van der Waals surface area contributed by atoms with Crippen LogP contribution < -0.4 is 37.2 Å². The van der Waals surface area contributed by atoms with E-state index < -0.39 is 0 Å². The van der Waals surface area contributed by atoms with Gasteiger partial charge in [0.2, 0.25) is 11.8 Å². The van der Waals surface area contributed by atoms with Gasteiger partial charge in [0.05, 0.1) is 70.1 Å². The first kappa shape index (κ1) is 103. The molecule has 9 rings (SSSR count). The zero-order valence-electron chi connectivity index (χ0n) is 79.4. The Balaban J connectivity index is 0.000000432. The minimum Gasteiger partial charge on any atom is -0.469 e. The van der Waals surface area contributed by atoms with Crippen LogP contribution in [0.1, 0.15) is 306 Å². The molecule has 9 fully saturated rings. The van der Waals surface area contributed by atoms with Crippen molar-refractivity contribution in [2.75, 3.05) is 84.0 Å². The van der Waals surface area contributed by atoms with Gasteiger partial charge in [-0.2, -0.15) is 0 Å². The second-order valence-electron chi connectivity index (χ2n) is 44.1. The SMILES string of the molecule is CC1CCC(OC(=O)C2CC(C)(C)NC2(C)C)CC1.CNC(=O)C1CC(C)(C)N(C)C1(C)C.CNC(=O)C1CC(C)(C)NC1(C)C.COC(=O)C1CC(C)(C)N(C)C1(C)C.COC(=O)C1CC(C)(C)NC1(C)C.COC(=O)C1CC(C)(C)NC1(C)C.COCC1CC(C)(C)N(C)C1(C)C.COCC1CC(C)(C)NC1(C)C. The van der Waals surface area contributed by atoms with Gasteiger partial charge in [-0.25, -0.2) is 0 Å². The number of ether oxygens (including phenoxy) is 6. The molecule has 8 saturated heterocycles. The van der Waals surface area contributed by atoms with Crippen molar-refractivity contribution >= 4 is 35.7 Å². The summed E-state index contributed by atoms with van der Waals surface area (Å²) in [5.74, 6) is 2.12. The summed E-state index contributed by atoms with van der Waals surface area (Å²) in [6.07, 6.45) is 12.3. The van der Waals surface area contributed by atoms with Crippen LogP contribution in [0.5, 0.6) is 0 Å². The molecule has 22 heteroatoms. The molecule has 22 nitrogen and oxygen atoms in total. The topological polar surface area (TPSA) is 252 Å². The van der Waals surface area contributed by atoms with Crippen LogP contribution in [0.2, 0.25) is 0 Å². The van der Waals surface area contributed by atoms with E-state index in [1.165, 1.54) is 47.0 Å². The lowest BCUT2D eigenvalue weighted by Crippen LogP contribution is -2.49. The fourth-order valence-corrected chi connectivity index (χ4v) is 20.5. The van der Waals surface area contributed by atoms with Gasteiger partial charge < -0.3 is 65.6 Å². The van der Waals surface area contributed by atoms with Crippen molar-refractivity contribution in [3.63, 3.8) is 0 Å². The number of rotatable bonds is 11. The van der Waals surface area contributed by atoms with Gasteiger partial charge in [-0.1, -0.05) is 6.92 Å². The average molecular weight is 1580 g/mol. The fraction of sp³-hybridized carbons (Fsp3) is 0.933. The minimum absolute atomic E-state index is 0.00243. The van der Waals surface area contributed by atoms with Crippen molar-refractivity contribution in [3.05, 3.63) is 0 Å². The third-order valence-corrected chi connectivity index (χ3v) is 27.4. The monoisotopic (exact) mass is 1580 g/mol. The summed E-state index contributed by atoms with van der Waals surface area (Å²) >= 11 is 0. The van der Waals surface area contributed by atoms with Gasteiger partial charge in [-0.15, -0.1) is 0 Å². The molecule has 0 aromatic heterocycles. The van der Waals surface area contributed by atoms with Gasteiger partial charge in [-0.05, 0) is 326 Å². The first-order chi connectivity index (χ1) is 49.7. The lowest BCUT2D eigenvalue weighted by molar-refractivity contribution is -0.157. The molecule has 8 aliphatic heterocycles. The van der Waals surface area contributed by atoms with Crippen LogP contribution >= 0.6 is 0 Å². The molecule has 9 aliphatic rings. The van der Waals surface area contributed by atoms with Crippen LogP contribution in [0.3, 0.4) is 0 Å². The highest BCUT2D eigenvalue weighted by atomic mass is 16.5. The molecule has 2 amide bonds. The lowest BCUT2D eigenvalue weighted by Gasteiger charge is -2.38. The quantitative estimate of drug-likeness (QED) is 0.0750. The predicted molar refractivity (Wildman–Crippen MR) is 455 cm³/mol. The Morgan fingerprint density at radius 2 is 0.595 bits per heavy atom. The molecule has 111 heavy (non-hydrogen) atoms. The normalized spacial score (nSPS) is 31.8. The van der Waals surface area contributed by atoms with E-state index in [1.807, 2.05) is 27.7 Å². The smallest absolute Gasteiger partial charge is 0.311 e. The van der Waals surface area contributed by atoms with E-state index in [2.05, 4.69) is 274 Å². The van der Waals surface area contributed by atoms with Gasteiger partial charge in [0, 0.05) is 129 Å². The van der Waals surface area contributed by atoms with Crippen LogP contribution in [0, 0.1) is 53.3 Å². The maximum Gasteiger partial charge on any atom is 0.311 e. The Bertz CT molecular complexity index is 2860. The molecule has 7 N–H and O–H groups in total. The van der Waals surface area contributed by atoms with E-state index in [-0.39, 0.29) is 160 Å². The predicted octanol–water partition coefficient (Wildman–Crippen LogP) is 13.7. The standard InChI is InChI=1S/C16H29NO2.C11H22N2O.C11H21NO2.C11H23NO.C10H20N2O.2C10H19NO2.C10H21NO/c1-11-6-8-12(9-7-11)19-14(18)13-10-15(2,3)17-16(13,4)5;1-10(2)7-8(9(14)12-5)11(3,4)13(10)6;1-10(2)7-8(9(13)14-6)11(3,4)12(10)5;1-10(2)7-9(8-13-6)11(3,4)12(10)5;1-9(2)6-7(8(13)11-5)10(3,4)12-9;2*1-9(2)6-7(8(12)13-5)10(3,4)11-9;1-9(2)6-8(7-12-5)10(3,4)11-9/h11-13,17H,6-10H2,1-5H3;8H,7H2,1-6H3,(H,12,14);8H,7H2,1-6H3;9H,7-8H2,1-6H3;7,12H,6H2,1-5H3,(H,11,13);2*7,11H,6H2,1-5H3;8,11H,6-7H2,1-5H3. The maximum atomic E-state index is 12.4. The summed E-state index contributed by atoms with van der Waals surface area (Å²) in [6, 6.07) is 0. The molecule has 1 saturated carbocycles. The summed E-state index contributed by atoms with van der Waals surface area (Å²) in [4.78, 5) is 77.3. The van der Waals surface area contributed by atoms with E-state index in [0.717, 1.165) is 70.5 Å². The number of hydrogen-bond donors (Lipinski definition) is 7. The number of likely N-dealkylation sites (tertiary alicyclic amines) is 3. The Morgan fingerprint density at radius 1 is 0.324 bits per heavy atom. The molecule has 8 heterocycles. The van der Waals surface area contributed by atoms with E-state index in [1.54, 1.807) is 28.3 Å². The summed E-state index contributed by atoms with van der Waals surface area (Å²) in [7, 11) is 17.7. The minimum atomic E-state index is -0.164. The largest absolute Gasteiger partial charge is 0.469 e. The van der Waals surface area contributed by atoms with Gasteiger partial charge in [0.15, 0.2) is 0 Å². The van der Waals surface area contributed by atoms with Gasteiger partial charge in [0.1, 0.15) is 6.10 Å². The number of nitrogens with zero attached hydrogens (tertiary/aromatic N) is 3. The molecule has 1 aliphatic carbocycles. The number of nitrogens with one attached hydrogen (secondary N) is 7. The first-order valence-electron chi connectivity index (χ1n) is 41.7. The van der Waals surface area contributed by atoms with Crippen LogP contribution in [0.4, 0.5) is 0 Å². The number of carbonyl (C=O) groups is 6. The zero-order chi connectivity index (χ0) is 87.1. The number of carbonyl (C=O) groups excluding carboxylic acids is 6. The Kier molecular flexibility index (Phi) is 35.4. The van der Waals surface area contributed by atoms with Crippen LogP contribution in [-0.4, -0.2) is 229 Å². The van der Waals surface area contributed by atoms with E-state index >= 15 is 0 Å². The number of esters is 4. The van der Waals surface area contributed by atoms with Crippen molar-refractivity contribution in [1.29, 1.82) is 0 Å². The third kappa shape index (κ3) is 27.8. The van der Waals surface area contributed by atoms with Crippen LogP contribution in [0.15, 0.2) is 0 Å². The summed E-state index contributed by atoms with van der Waals surface area (Å²) in [5, 5.41) is 23.0. The number of hydrogen-bond acceptors (Lipinski definition) is 20. The molecule has 8 atom stereocenters. The maximum absolute atomic E-state index is 12.4. The van der Waals surface area contributed by atoms with Crippen molar-refractivity contribution in [1.82, 2.24) is 51.9 Å².